The Balaban J connectivity index is 2.71. The Hall–Kier alpha value is -1.66. The van der Waals surface area contributed by atoms with Crippen LogP contribution in [-0.4, -0.2) is 24.9 Å². The number of benzene rings is 1. The number of aliphatic hydroxyl groups is 1. The van der Waals surface area contributed by atoms with E-state index in [1.807, 2.05) is 18.2 Å². The predicted octanol–water partition coefficient (Wildman–Crippen LogP) is 3.78. The molecule has 1 N–H and O–H groups in total. The van der Waals surface area contributed by atoms with Gasteiger partial charge in [-0.2, -0.15) is 0 Å². The molecule has 0 amide bonds. The monoisotopic (exact) mass is 290 g/mol. The summed E-state index contributed by atoms with van der Waals surface area (Å²) in [7, 11) is 3.20. The molecule has 1 aromatic carbocycles. The average molecular weight is 290 g/mol. The standard InChI is InChI=1S/C18H26O3/c1-5-6-7-8-12-18(2,19)13-11-15-9-10-16(20-3)17(14-15)21-4/h9-10,14,19H,5-8,12H2,1-4H3. The van der Waals surface area contributed by atoms with Crippen molar-refractivity contribution in [1.82, 2.24) is 0 Å². The van der Waals surface area contributed by atoms with Crippen LogP contribution in [0.25, 0.3) is 0 Å². The summed E-state index contributed by atoms with van der Waals surface area (Å²) >= 11 is 0. The molecule has 0 bridgehead atoms. The molecule has 1 rings (SSSR count). The summed E-state index contributed by atoms with van der Waals surface area (Å²) in [5.74, 6) is 7.29. The van der Waals surface area contributed by atoms with Gasteiger partial charge < -0.3 is 14.6 Å². The Kier molecular flexibility index (Phi) is 7.11. The zero-order valence-electron chi connectivity index (χ0n) is 13.5. The fraction of sp³-hybridized carbons (Fsp3) is 0.556. The Morgan fingerprint density at radius 3 is 2.43 bits per heavy atom. The number of ether oxygens (including phenoxy) is 2. The van der Waals surface area contributed by atoms with Gasteiger partial charge in [0, 0.05) is 5.56 Å². The second kappa shape index (κ2) is 8.59. The molecule has 0 saturated heterocycles. The van der Waals surface area contributed by atoms with E-state index in [1.54, 1.807) is 21.1 Å². The third kappa shape index (κ3) is 6.10. The number of methoxy groups -OCH3 is 2. The number of rotatable bonds is 7. The van der Waals surface area contributed by atoms with Crippen LogP contribution in [0.15, 0.2) is 18.2 Å². The van der Waals surface area contributed by atoms with Crippen molar-refractivity contribution in [1.29, 1.82) is 0 Å². The number of hydrogen-bond acceptors (Lipinski definition) is 3. The van der Waals surface area contributed by atoms with Crippen molar-refractivity contribution in [3.05, 3.63) is 23.8 Å². The summed E-state index contributed by atoms with van der Waals surface area (Å²) in [5, 5.41) is 10.3. The second-order valence-corrected chi connectivity index (χ2v) is 5.40. The molecule has 1 atom stereocenters. The quantitative estimate of drug-likeness (QED) is 0.613. The first-order valence-corrected chi connectivity index (χ1v) is 7.50. The fourth-order valence-corrected chi connectivity index (χ4v) is 2.08. The first kappa shape index (κ1) is 17.4. The van der Waals surface area contributed by atoms with Crippen molar-refractivity contribution < 1.29 is 14.6 Å². The van der Waals surface area contributed by atoms with E-state index < -0.39 is 5.60 Å². The van der Waals surface area contributed by atoms with Gasteiger partial charge in [0.25, 0.3) is 0 Å². The Morgan fingerprint density at radius 1 is 1.10 bits per heavy atom. The van der Waals surface area contributed by atoms with Gasteiger partial charge in [0.1, 0.15) is 5.60 Å². The van der Waals surface area contributed by atoms with Crippen LogP contribution in [0.5, 0.6) is 11.5 Å². The SMILES string of the molecule is CCCCCCC(C)(O)C#Cc1ccc(OC)c(OC)c1. The normalized spacial score (nSPS) is 13.0. The highest BCUT2D eigenvalue weighted by Gasteiger charge is 2.15. The molecule has 0 aliphatic heterocycles. The van der Waals surface area contributed by atoms with E-state index in [0.717, 1.165) is 18.4 Å². The molecule has 1 aromatic rings. The minimum atomic E-state index is -0.944. The van der Waals surface area contributed by atoms with Gasteiger partial charge in [0.2, 0.25) is 0 Å². The van der Waals surface area contributed by atoms with Crippen LogP contribution in [0, 0.1) is 11.8 Å². The van der Waals surface area contributed by atoms with Gasteiger partial charge in [0.15, 0.2) is 11.5 Å². The molecule has 0 aromatic heterocycles. The van der Waals surface area contributed by atoms with Crippen molar-refractivity contribution in [3.8, 4) is 23.3 Å². The molecule has 0 aliphatic carbocycles. The molecule has 21 heavy (non-hydrogen) atoms. The van der Waals surface area contributed by atoms with E-state index in [4.69, 9.17) is 9.47 Å². The van der Waals surface area contributed by atoms with E-state index in [-0.39, 0.29) is 0 Å². The minimum Gasteiger partial charge on any atom is -0.493 e. The lowest BCUT2D eigenvalue weighted by Gasteiger charge is -2.15. The van der Waals surface area contributed by atoms with Crippen LogP contribution < -0.4 is 9.47 Å². The van der Waals surface area contributed by atoms with Crippen LogP contribution in [0.1, 0.15) is 51.5 Å². The molecule has 0 aliphatic rings. The topological polar surface area (TPSA) is 38.7 Å². The molecule has 0 saturated carbocycles. The zero-order valence-corrected chi connectivity index (χ0v) is 13.5. The minimum absolute atomic E-state index is 0.645. The second-order valence-electron chi connectivity index (χ2n) is 5.40. The lowest BCUT2D eigenvalue weighted by molar-refractivity contribution is 0.109. The van der Waals surface area contributed by atoms with Crippen molar-refractivity contribution in [2.75, 3.05) is 14.2 Å². The molecule has 0 spiro atoms. The molecular formula is C18H26O3. The highest BCUT2D eigenvalue weighted by atomic mass is 16.5. The molecule has 0 radical (unpaired) electrons. The zero-order chi connectivity index (χ0) is 15.7. The number of hydrogen-bond donors (Lipinski definition) is 1. The Morgan fingerprint density at radius 2 is 1.81 bits per heavy atom. The molecule has 1 unspecified atom stereocenters. The van der Waals surface area contributed by atoms with Crippen LogP contribution in [0.2, 0.25) is 0 Å². The maximum Gasteiger partial charge on any atom is 0.161 e. The van der Waals surface area contributed by atoms with Gasteiger partial charge >= 0.3 is 0 Å². The van der Waals surface area contributed by atoms with Crippen LogP contribution >= 0.6 is 0 Å². The summed E-state index contributed by atoms with van der Waals surface area (Å²) < 4.78 is 10.4. The van der Waals surface area contributed by atoms with E-state index >= 15 is 0 Å². The van der Waals surface area contributed by atoms with Crippen LogP contribution in [-0.2, 0) is 0 Å². The maximum absolute atomic E-state index is 10.3. The van der Waals surface area contributed by atoms with Crippen LogP contribution in [0.4, 0.5) is 0 Å². The molecule has 3 heteroatoms. The molecule has 3 nitrogen and oxygen atoms in total. The first-order chi connectivity index (χ1) is 10.0. The third-order valence-corrected chi connectivity index (χ3v) is 3.38. The predicted molar refractivity (Wildman–Crippen MR) is 85.8 cm³/mol. The summed E-state index contributed by atoms with van der Waals surface area (Å²) in [6.45, 7) is 3.95. The van der Waals surface area contributed by atoms with Crippen molar-refractivity contribution >= 4 is 0 Å². The molecule has 0 fully saturated rings. The summed E-state index contributed by atoms with van der Waals surface area (Å²) in [4.78, 5) is 0. The Bertz CT molecular complexity index is 495. The lowest BCUT2D eigenvalue weighted by Crippen LogP contribution is -2.21. The lowest BCUT2D eigenvalue weighted by atomic mass is 9.98. The highest BCUT2D eigenvalue weighted by Crippen LogP contribution is 2.27. The number of unbranched alkanes of at least 4 members (excludes halogenated alkanes) is 3. The highest BCUT2D eigenvalue weighted by molar-refractivity contribution is 5.48. The Labute approximate surface area is 128 Å². The van der Waals surface area contributed by atoms with Gasteiger partial charge in [0.05, 0.1) is 14.2 Å². The van der Waals surface area contributed by atoms with Crippen molar-refractivity contribution in [2.45, 2.75) is 51.6 Å². The summed E-state index contributed by atoms with van der Waals surface area (Å²) in [6, 6.07) is 5.50. The maximum atomic E-state index is 10.3. The van der Waals surface area contributed by atoms with Gasteiger partial charge in [-0.05, 0) is 38.0 Å². The summed E-state index contributed by atoms with van der Waals surface area (Å²) in [5.41, 5.74) is -0.137. The largest absolute Gasteiger partial charge is 0.493 e. The summed E-state index contributed by atoms with van der Waals surface area (Å²) in [6.07, 6.45) is 5.25. The van der Waals surface area contributed by atoms with Gasteiger partial charge in [-0.3, -0.25) is 0 Å². The van der Waals surface area contributed by atoms with Crippen molar-refractivity contribution in [2.24, 2.45) is 0 Å². The van der Waals surface area contributed by atoms with Crippen LogP contribution in [0.3, 0.4) is 0 Å². The first-order valence-electron chi connectivity index (χ1n) is 7.50. The van der Waals surface area contributed by atoms with E-state index in [2.05, 4.69) is 18.8 Å². The van der Waals surface area contributed by atoms with Gasteiger partial charge in [-0.1, -0.05) is 38.0 Å². The average Bonchev–Trinajstić information content (AvgIpc) is 2.49. The molecular weight excluding hydrogens is 264 g/mol. The van der Waals surface area contributed by atoms with Gasteiger partial charge in [-0.25, -0.2) is 0 Å². The van der Waals surface area contributed by atoms with Gasteiger partial charge in [-0.15, -0.1) is 0 Å². The van der Waals surface area contributed by atoms with Crippen molar-refractivity contribution in [3.63, 3.8) is 0 Å². The fourth-order valence-electron chi connectivity index (χ4n) is 2.08. The van der Waals surface area contributed by atoms with E-state index in [9.17, 15) is 5.11 Å². The van der Waals surface area contributed by atoms with E-state index in [1.165, 1.54) is 12.8 Å². The third-order valence-electron chi connectivity index (χ3n) is 3.38. The smallest absolute Gasteiger partial charge is 0.161 e. The molecule has 0 heterocycles. The van der Waals surface area contributed by atoms with E-state index in [0.29, 0.717) is 17.9 Å². The molecule has 116 valence electrons.